The topological polar surface area (TPSA) is 50.4 Å². The Morgan fingerprint density at radius 3 is 2.53 bits per heavy atom. The molecule has 0 aliphatic rings. The fourth-order valence-electron chi connectivity index (χ4n) is 1.12. The molecular formula is C11H25N3S. The first-order chi connectivity index (χ1) is 6.85. The second-order valence-electron chi connectivity index (χ2n) is 4.72. The highest BCUT2D eigenvalue weighted by Crippen LogP contribution is 2.06. The number of hydrogen-bond acceptors (Lipinski definition) is 2. The number of thioether (sulfide) groups is 1. The van der Waals surface area contributed by atoms with Gasteiger partial charge in [0.05, 0.1) is 6.04 Å². The van der Waals surface area contributed by atoms with E-state index in [4.69, 9.17) is 5.73 Å². The van der Waals surface area contributed by atoms with Crippen LogP contribution in [0.1, 0.15) is 41.0 Å². The van der Waals surface area contributed by atoms with Gasteiger partial charge in [0.15, 0.2) is 5.96 Å². The molecule has 1 unspecified atom stereocenters. The molecule has 0 aliphatic heterocycles. The van der Waals surface area contributed by atoms with Crippen molar-refractivity contribution in [1.82, 2.24) is 5.32 Å². The van der Waals surface area contributed by atoms with Gasteiger partial charge in [0.25, 0.3) is 0 Å². The van der Waals surface area contributed by atoms with Crippen molar-refractivity contribution in [2.45, 2.75) is 52.6 Å². The first-order valence-electron chi connectivity index (χ1n) is 5.54. The van der Waals surface area contributed by atoms with Gasteiger partial charge in [0.1, 0.15) is 0 Å². The predicted molar refractivity (Wildman–Crippen MR) is 71.6 cm³/mol. The fraction of sp³-hybridized carbons (Fsp3) is 0.909. The van der Waals surface area contributed by atoms with E-state index in [9.17, 15) is 0 Å². The van der Waals surface area contributed by atoms with Crippen LogP contribution < -0.4 is 11.1 Å². The Labute approximate surface area is 98.3 Å². The van der Waals surface area contributed by atoms with Gasteiger partial charge in [-0.2, -0.15) is 11.8 Å². The third-order valence-electron chi connectivity index (χ3n) is 1.75. The van der Waals surface area contributed by atoms with Crippen LogP contribution in [0.5, 0.6) is 0 Å². The molecule has 0 aromatic carbocycles. The van der Waals surface area contributed by atoms with Gasteiger partial charge >= 0.3 is 0 Å². The molecule has 0 saturated heterocycles. The van der Waals surface area contributed by atoms with Crippen molar-refractivity contribution >= 4 is 17.7 Å². The van der Waals surface area contributed by atoms with E-state index in [1.165, 1.54) is 5.75 Å². The van der Waals surface area contributed by atoms with Crippen LogP contribution in [0.3, 0.4) is 0 Å². The molecule has 3 N–H and O–H groups in total. The number of rotatable bonds is 5. The molecular weight excluding hydrogens is 206 g/mol. The van der Waals surface area contributed by atoms with E-state index in [0.717, 1.165) is 12.2 Å². The van der Waals surface area contributed by atoms with E-state index in [2.05, 4.69) is 44.9 Å². The maximum atomic E-state index is 5.80. The molecule has 0 heterocycles. The Morgan fingerprint density at radius 1 is 1.47 bits per heavy atom. The van der Waals surface area contributed by atoms with Crippen molar-refractivity contribution < 1.29 is 0 Å². The molecule has 15 heavy (non-hydrogen) atoms. The highest BCUT2D eigenvalue weighted by Gasteiger charge is 2.10. The summed E-state index contributed by atoms with van der Waals surface area (Å²) in [5, 5.41) is 3.16. The van der Waals surface area contributed by atoms with Gasteiger partial charge in [-0.25, -0.2) is 0 Å². The Hall–Kier alpha value is -0.380. The molecule has 1 atom stereocenters. The smallest absolute Gasteiger partial charge is 0.189 e. The minimum absolute atomic E-state index is 0.00846. The Bertz CT molecular complexity index is 196. The number of hydrogen-bond donors (Lipinski definition) is 2. The lowest BCUT2D eigenvalue weighted by atomic mass is 10.1. The fourth-order valence-corrected chi connectivity index (χ4v) is 1.91. The number of guanidine groups is 1. The molecule has 0 amide bonds. The minimum atomic E-state index is -0.00846. The van der Waals surface area contributed by atoms with E-state index >= 15 is 0 Å². The SMILES string of the molecule is CCSCCC(C)N=C(N)NC(C)(C)C. The summed E-state index contributed by atoms with van der Waals surface area (Å²) < 4.78 is 0. The Morgan fingerprint density at radius 2 is 2.07 bits per heavy atom. The van der Waals surface area contributed by atoms with Crippen LogP contribution in [0.15, 0.2) is 4.99 Å². The van der Waals surface area contributed by atoms with E-state index in [0.29, 0.717) is 12.0 Å². The monoisotopic (exact) mass is 231 g/mol. The molecule has 0 radical (unpaired) electrons. The molecule has 0 aromatic rings. The van der Waals surface area contributed by atoms with Gasteiger partial charge in [-0.3, -0.25) is 4.99 Å². The van der Waals surface area contributed by atoms with Crippen molar-refractivity contribution in [1.29, 1.82) is 0 Å². The first-order valence-corrected chi connectivity index (χ1v) is 6.70. The Balaban J connectivity index is 3.90. The molecule has 0 aromatic heterocycles. The third-order valence-corrected chi connectivity index (χ3v) is 2.68. The van der Waals surface area contributed by atoms with E-state index in [1.54, 1.807) is 0 Å². The molecule has 0 spiro atoms. The maximum Gasteiger partial charge on any atom is 0.189 e. The summed E-state index contributed by atoms with van der Waals surface area (Å²) in [7, 11) is 0. The average molecular weight is 231 g/mol. The number of nitrogens with two attached hydrogens (primary N) is 1. The molecule has 0 aliphatic carbocycles. The minimum Gasteiger partial charge on any atom is -0.370 e. The lowest BCUT2D eigenvalue weighted by Crippen LogP contribution is -2.45. The molecule has 0 rings (SSSR count). The zero-order chi connectivity index (χ0) is 11.9. The van der Waals surface area contributed by atoms with Gasteiger partial charge in [0.2, 0.25) is 0 Å². The summed E-state index contributed by atoms with van der Waals surface area (Å²) in [6.07, 6.45) is 1.09. The summed E-state index contributed by atoms with van der Waals surface area (Å²) >= 11 is 1.95. The van der Waals surface area contributed by atoms with Crippen molar-refractivity contribution in [3.63, 3.8) is 0 Å². The second-order valence-corrected chi connectivity index (χ2v) is 6.12. The van der Waals surface area contributed by atoms with Gasteiger partial charge < -0.3 is 11.1 Å². The lowest BCUT2D eigenvalue weighted by Gasteiger charge is -2.21. The summed E-state index contributed by atoms with van der Waals surface area (Å²) in [5.41, 5.74) is 5.79. The molecule has 0 saturated carbocycles. The van der Waals surface area contributed by atoms with Crippen LogP contribution in [-0.4, -0.2) is 29.0 Å². The third kappa shape index (κ3) is 9.91. The van der Waals surface area contributed by atoms with Gasteiger partial charge in [0, 0.05) is 5.54 Å². The number of nitrogens with zero attached hydrogens (tertiary/aromatic N) is 1. The molecule has 0 bridgehead atoms. The molecule has 3 nitrogen and oxygen atoms in total. The average Bonchev–Trinajstić information content (AvgIpc) is 2.00. The maximum absolute atomic E-state index is 5.80. The van der Waals surface area contributed by atoms with Crippen molar-refractivity contribution in [3.8, 4) is 0 Å². The first kappa shape index (κ1) is 14.6. The Kier molecular flexibility index (Phi) is 6.81. The second kappa shape index (κ2) is 6.99. The molecule has 90 valence electrons. The van der Waals surface area contributed by atoms with Crippen LogP contribution >= 0.6 is 11.8 Å². The predicted octanol–water partition coefficient (Wildman–Crippen LogP) is 2.22. The van der Waals surface area contributed by atoms with E-state index in [-0.39, 0.29) is 5.54 Å². The van der Waals surface area contributed by atoms with Crippen molar-refractivity contribution in [3.05, 3.63) is 0 Å². The normalized spacial score (nSPS) is 15.1. The van der Waals surface area contributed by atoms with Gasteiger partial charge in [-0.15, -0.1) is 0 Å². The van der Waals surface area contributed by atoms with E-state index < -0.39 is 0 Å². The zero-order valence-corrected chi connectivity index (χ0v) is 11.4. The van der Waals surface area contributed by atoms with Crippen LogP contribution in [0.4, 0.5) is 0 Å². The van der Waals surface area contributed by atoms with Gasteiger partial charge in [-0.05, 0) is 45.6 Å². The lowest BCUT2D eigenvalue weighted by molar-refractivity contribution is 0.506. The van der Waals surface area contributed by atoms with Crippen molar-refractivity contribution in [2.24, 2.45) is 10.7 Å². The summed E-state index contributed by atoms with van der Waals surface area (Å²) in [6.45, 7) is 10.5. The standard InChI is InChI=1S/C11H25N3S/c1-6-15-8-7-9(2)13-10(12)14-11(3,4)5/h9H,6-8H2,1-5H3,(H3,12,13,14). The van der Waals surface area contributed by atoms with Crippen LogP contribution in [0.25, 0.3) is 0 Å². The van der Waals surface area contributed by atoms with Crippen LogP contribution in [0, 0.1) is 0 Å². The number of aliphatic imine (C=N–C) groups is 1. The molecule has 4 heteroatoms. The largest absolute Gasteiger partial charge is 0.370 e. The van der Waals surface area contributed by atoms with Crippen molar-refractivity contribution in [2.75, 3.05) is 11.5 Å². The summed E-state index contributed by atoms with van der Waals surface area (Å²) in [6, 6.07) is 0.305. The summed E-state index contributed by atoms with van der Waals surface area (Å²) in [5.74, 6) is 2.88. The van der Waals surface area contributed by atoms with Gasteiger partial charge in [-0.1, -0.05) is 6.92 Å². The summed E-state index contributed by atoms with van der Waals surface area (Å²) in [4.78, 5) is 4.40. The quantitative estimate of drug-likeness (QED) is 0.433. The van der Waals surface area contributed by atoms with E-state index in [1.807, 2.05) is 11.8 Å². The molecule has 0 fully saturated rings. The number of nitrogens with one attached hydrogen (secondary N) is 1. The zero-order valence-electron chi connectivity index (χ0n) is 10.6. The highest BCUT2D eigenvalue weighted by atomic mass is 32.2. The highest BCUT2D eigenvalue weighted by molar-refractivity contribution is 7.99. The van der Waals surface area contributed by atoms with Crippen LogP contribution in [-0.2, 0) is 0 Å². The van der Waals surface area contributed by atoms with Crippen LogP contribution in [0.2, 0.25) is 0 Å².